The fourth-order valence-corrected chi connectivity index (χ4v) is 2.48. The number of nitro benzene ring substituents is 1. The van der Waals surface area contributed by atoms with Gasteiger partial charge in [0, 0.05) is 11.6 Å². The van der Waals surface area contributed by atoms with E-state index < -0.39 is 14.9 Å². The molecule has 0 aliphatic carbocycles. The summed E-state index contributed by atoms with van der Waals surface area (Å²) in [6.45, 7) is 2.16. The highest BCUT2D eigenvalue weighted by atomic mass is 32.2. The van der Waals surface area contributed by atoms with Crippen LogP contribution in [-0.2, 0) is 10.0 Å². The van der Waals surface area contributed by atoms with E-state index in [0.29, 0.717) is 24.3 Å². The van der Waals surface area contributed by atoms with Crippen molar-refractivity contribution in [2.24, 2.45) is 5.14 Å². The lowest BCUT2D eigenvalue weighted by Crippen LogP contribution is -2.16. The zero-order valence-electron chi connectivity index (χ0n) is 11.9. The molecule has 2 N–H and O–H groups in total. The van der Waals surface area contributed by atoms with Crippen molar-refractivity contribution in [2.45, 2.75) is 32.6 Å². The SMILES string of the molecule is Cc1cc(OCCCCCCS(N)(=O)=O)ccc1[N+](=O)[O-]. The predicted octanol–water partition coefficient (Wildman–Crippen LogP) is 2.13. The van der Waals surface area contributed by atoms with E-state index in [2.05, 4.69) is 0 Å². The second-order valence-corrected chi connectivity index (χ2v) is 6.57. The Kier molecular flexibility index (Phi) is 6.57. The van der Waals surface area contributed by atoms with Crippen LogP contribution in [0.15, 0.2) is 18.2 Å². The van der Waals surface area contributed by atoms with Crippen molar-refractivity contribution in [3.8, 4) is 5.75 Å². The van der Waals surface area contributed by atoms with E-state index in [1.807, 2.05) is 0 Å². The first-order valence-corrected chi connectivity index (χ1v) is 8.39. The molecule has 1 aromatic rings. The van der Waals surface area contributed by atoms with Crippen LogP contribution in [0.5, 0.6) is 5.75 Å². The summed E-state index contributed by atoms with van der Waals surface area (Å²) < 4.78 is 26.9. The summed E-state index contributed by atoms with van der Waals surface area (Å²) in [4.78, 5) is 10.3. The predicted molar refractivity (Wildman–Crippen MR) is 79.8 cm³/mol. The number of benzene rings is 1. The number of aryl methyl sites for hydroxylation is 1. The molecule has 0 fully saturated rings. The van der Waals surface area contributed by atoms with Crippen molar-refractivity contribution in [3.63, 3.8) is 0 Å². The second kappa shape index (κ2) is 7.94. The van der Waals surface area contributed by atoms with Gasteiger partial charge in [-0.3, -0.25) is 10.1 Å². The first-order chi connectivity index (χ1) is 9.79. The van der Waals surface area contributed by atoms with Crippen LogP contribution < -0.4 is 9.88 Å². The molecule has 1 rings (SSSR count). The number of hydrogen-bond acceptors (Lipinski definition) is 5. The number of nitrogens with two attached hydrogens (primary N) is 1. The highest BCUT2D eigenvalue weighted by molar-refractivity contribution is 7.89. The van der Waals surface area contributed by atoms with Gasteiger partial charge >= 0.3 is 0 Å². The maximum Gasteiger partial charge on any atom is 0.272 e. The van der Waals surface area contributed by atoms with Crippen LogP contribution in [0.1, 0.15) is 31.2 Å². The number of unbranched alkanes of at least 4 members (excludes halogenated alkanes) is 3. The minimum atomic E-state index is -3.36. The summed E-state index contributed by atoms with van der Waals surface area (Å²) in [6.07, 6.45) is 2.97. The monoisotopic (exact) mass is 316 g/mol. The Labute approximate surface area is 124 Å². The van der Waals surface area contributed by atoms with Crippen LogP contribution in [0.25, 0.3) is 0 Å². The Morgan fingerprint density at radius 3 is 2.48 bits per heavy atom. The summed E-state index contributed by atoms with van der Waals surface area (Å²) in [5, 5.41) is 15.6. The molecule has 0 saturated heterocycles. The van der Waals surface area contributed by atoms with Crippen LogP contribution in [-0.4, -0.2) is 25.7 Å². The molecule has 8 heteroatoms. The van der Waals surface area contributed by atoms with Gasteiger partial charge in [-0.2, -0.15) is 0 Å². The van der Waals surface area contributed by atoms with E-state index in [-0.39, 0.29) is 11.4 Å². The highest BCUT2D eigenvalue weighted by Gasteiger charge is 2.10. The Morgan fingerprint density at radius 2 is 1.90 bits per heavy atom. The first-order valence-electron chi connectivity index (χ1n) is 6.68. The Balaban J connectivity index is 2.24. The van der Waals surface area contributed by atoms with Gasteiger partial charge in [0.2, 0.25) is 10.0 Å². The van der Waals surface area contributed by atoms with Gasteiger partial charge in [-0.15, -0.1) is 0 Å². The molecule has 0 bridgehead atoms. The third kappa shape index (κ3) is 7.05. The quantitative estimate of drug-likeness (QED) is 0.426. The standard InChI is InChI=1S/C13H20N2O5S/c1-11-10-12(6-7-13(11)15(16)17)20-8-4-2-3-5-9-21(14,18)19/h6-7,10H,2-5,8-9H2,1H3,(H2,14,18,19). The fraction of sp³-hybridized carbons (Fsp3) is 0.538. The van der Waals surface area contributed by atoms with E-state index in [0.717, 1.165) is 19.3 Å². The maximum atomic E-state index is 10.7. The minimum Gasteiger partial charge on any atom is -0.494 e. The molecule has 0 atom stereocenters. The molecule has 118 valence electrons. The molecule has 0 amide bonds. The zero-order valence-corrected chi connectivity index (χ0v) is 12.8. The van der Waals surface area contributed by atoms with E-state index in [4.69, 9.17) is 9.88 Å². The molecule has 0 heterocycles. The molecule has 0 radical (unpaired) electrons. The van der Waals surface area contributed by atoms with Crippen LogP contribution in [0.3, 0.4) is 0 Å². The molecule has 0 aliphatic rings. The van der Waals surface area contributed by atoms with E-state index in [1.165, 1.54) is 6.07 Å². The van der Waals surface area contributed by atoms with Gasteiger partial charge in [0.05, 0.1) is 17.3 Å². The summed E-state index contributed by atoms with van der Waals surface area (Å²) in [7, 11) is -3.36. The number of nitro groups is 1. The highest BCUT2D eigenvalue weighted by Crippen LogP contribution is 2.23. The van der Waals surface area contributed by atoms with Gasteiger partial charge in [-0.1, -0.05) is 12.8 Å². The van der Waals surface area contributed by atoms with E-state index in [1.54, 1.807) is 19.1 Å². The molecule has 0 aromatic heterocycles. The Bertz CT molecular complexity index is 586. The van der Waals surface area contributed by atoms with E-state index >= 15 is 0 Å². The number of nitrogens with zero attached hydrogens (tertiary/aromatic N) is 1. The third-order valence-corrected chi connectivity index (χ3v) is 3.81. The molecule has 1 aromatic carbocycles. The van der Waals surface area contributed by atoms with Crippen molar-refractivity contribution in [1.29, 1.82) is 0 Å². The molecular weight excluding hydrogens is 296 g/mol. The topological polar surface area (TPSA) is 113 Å². The van der Waals surface area contributed by atoms with Crippen LogP contribution >= 0.6 is 0 Å². The molecule has 21 heavy (non-hydrogen) atoms. The number of ether oxygens (including phenoxy) is 1. The molecule has 0 saturated carbocycles. The van der Waals surface area contributed by atoms with Crippen molar-refractivity contribution < 1.29 is 18.1 Å². The van der Waals surface area contributed by atoms with Gasteiger partial charge in [0.1, 0.15) is 5.75 Å². The van der Waals surface area contributed by atoms with E-state index in [9.17, 15) is 18.5 Å². The largest absolute Gasteiger partial charge is 0.494 e. The summed E-state index contributed by atoms with van der Waals surface area (Å²) in [6, 6.07) is 4.64. The smallest absolute Gasteiger partial charge is 0.272 e. The molecule has 0 aliphatic heterocycles. The van der Waals surface area contributed by atoms with Crippen LogP contribution in [0.2, 0.25) is 0 Å². The van der Waals surface area contributed by atoms with Crippen molar-refractivity contribution in [2.75, 3.05) is 12.4 Å². The van der Waals surface area contributed by atoms with Crippen molar-refractivity contribution in [1.82, 2.24) is 0 Å². The van der Waals surface area contributed by atoms with Gasteiger partial charge in [0.25, 0.3) is 5.69 Å². The lowest BCUT2D eigenvalue weighted by molar-refractivity contribution is -0.385. The Hall–Kier alpha value is -1.67. The third-order valence-electron chi connectivity index (χ3n) is 2.96. The zero-order chi connectivity index (χ0) is 15.9. The average molecular weight is 316 g/mol. The van der Waals surface area contributed by atoms with Crippen molar-refractivity contribution in [3.05, 3.63) is 33.9 Å². The summed E-state index contributed by atoms with van der Waals surface area (Å²) >= 11 is 0. The lowest BCUT2D eigenvalue weighted by atomic mass is 10.2. The van der Waals surface area contributed by atoms with Gasteiger partial charge < -0.3 is 4.74 Å². The van der Waals surface area contributed by atoms with Gasteiger partial charge in [-0.25, -0.2) is 13.6 Å². The van der Waals surface area contributed by atoms with Crippen LogP contribution in [0, 0.1) is 17.0 Å². The second-order valence-electron chi connectivity index (χ2n) is 4.84. The van der Waals surface area contributed by atoms with Gasteiger partial charge in [0.15, 0.2) is 0 Å². The number of rotatable bonds is 9. The number of primary sulfonamides is 1. The molecular formula is C13H20N2O5S. The fourth-order valence-electron chi connectivity index (χ4n) is 1.87. The average Bonchev–Trinajstić information content (AvgIpc) is 2.36. The van der Waals surface area contributed by atoms with Crippen molar-refractivity contribution >= 4 is 15.7 Å². The minimum absolute atomic E-state index is 0.00933. The molecule has 7 nitrogen and oxygen atoms in total. The Morgan fingerprint density at radius 1 is 1.24 bits per heavy atom. The normalized spacial score (nSPS) is 11.3. The first kappa shape index (κ1) is 17.4. The maximum absolute atomic E-state index is 10.7. The van der Waals surface area contributed by atoms with Gasteiger partial charge in [-0.05, 0) is 31.9 Å². The number of hydrogen-bond donors (Lipinski definition) is 1. The molecule has 0 unspecified atom stereocenters. The van der Waals surface area contributed by atoms with Crippen LogP contribution in [0.4, 0.5) is 5.69 Å². The lowest BCUT2D eigenvalue weighted by Gasteiger charge is -2.07. The summed E-state index contributed by atoms with van der Waals surface area (Å²) in [5.41, 5.74) is 0.635. The number of sulfonamides is 1. The molecule has 0 spiro atoms. The summed E-state index contributed by atoms with van der Waals surface area (Å²) in [5.74, 6) is 0.609.